The predicted molar refractivity (Wildman–Crippen MR) is 201 cm³/mol. The molecule has 16 nitrogen and oxygen atoms in total. The molecule has 16 heteroatoms. The van der Waals surface area contributed by atoms with Crippen molar-refractivity contribution >= 4 is 21.9 Å². The van der Waals surface area contributed by atoms with Gasteiger partial charge >= 0.3 is 0 Å². The van der Waals surface area contributed by atoms with Gasteiger partial charge in [0.1, 0.15) is 34.5 Å². The van der Waals surface area contributed by atoms with E-state index in [1.807, 2.05) is 0 Å². The van der Waals surface area contributed by atoms with E-state index in [-0.39, 0.29) is 67.6 Å². The Morgan fingerprint density at radius 1 is 0.429 bits per heavy atom. The second-order valence-electron chi connectivity index (χ2n) is 11.8. The monoisotopic (exact) mass is 772 g/mol. The van der Waals surface area contributed by atoms with Gasteiger partial charge in [0, 0.05) is 12.1 Å². The van der Waals surface area contributed by atoms with Gasteiger partial charge in [-0.05, 0) is 35.4 Å². The minimum Gasteiger partial charge on any atom is -0.493 e. The molecule has 1 aliphatic rings. The summed E-state index contributed by atoms with van der Waals surface area (Å²) in [5.41, 5.74) is 0.600. The Kier molecular flexibility index (Phi) is 10.2. The van der Waals surface area contributed by atoms with Crippen molar-refractivity contribution in [1.82, 2.24) is 0 Å². The van der Waals surface area contributed by atoms with Gasteiger partial charge in [-0.15, -0.1) is 0 Å². The van der Waals surface area contributed by atoms with Crippen molar-refractivity contribution in [1.29, 1.82) is 0 Å². The molecule has 0 N–H and O–H groups in total. The molecule has 2 aromatic heterocycles. The summed E-state index contributed by atoms with van der Waals surface area (Å²) in [4.78, 5) is 28.3. The lowest BCUT2D eigenvalue weighted by molar-refractivity contribution is 0.0686. The van der Waals surface area contributed by atoms with Crippen LogP contribution in [0.5, 0.6) is 69.0 Å². The second kappa shape index (κ2) is 15.3. The lowest BCUT2D eigenvalue weighted by atomic mass is 10.0. The lowest BCUT2D eigenvalue weighted by Gasteiger charge is -2.22. The third kappa shape index (κ3) is 6.14. The van der Waals surface area contributed by atoms with E-state index >= 15 is 0 Å². The first-order valence-corrected chi connectivity index (χ1v) is 16.7. The normalized spacial score (nSPS) is 12.1. The lowest BCUT2D eigenvalue weighted by Crippen LogP contribution is -2.16. The van der Waals surface area contributed by atoms with E-state index in [4.69, 9.17) is 65.7 Å². The topological polar surface area (TPSA) is 171 Å². The molecular weight excluding hydrogens is 736 g/mol. The molecule has 0 bridgehead atoms. The molecule has 292 valence electrons. The van der Waals surface area contributed by atoms with E-state index in [1.54, 1.807) is 24.3 Å². The average Bonchev–Trinajstić information content (AvgIpc) is 3.22. The summed E-state index contributed by atoms with van der Waals surface area (Å²) in [6.45, 7) is -0.871. The molecule has 0 aliphatic carbocycles. The Morgan fingerprint density at radius 3 is 1.07 bits per heavy atom. The molecule has 3 heterocycles. The summed E-state index contributed by atoms with van der Waals surface area (Å²) < 4.78 is 80.4. The van der Waals surface area contributed by atoms with Crippen LogP contribution >= 0.6 is 0 Å². The molecule has 7 rings (SSSR count). The van der Waals surface area contributed by atoms with Crippen LogP contribution in [0.3, 0.4) is 0 Å². The third-order valence-corrected chi connectivity index (χ3v) is 9.08. The maximum Gasteiger partial charge on any atom is 0.231 e. The number of hydrogen-bond acceptors (Lipinski definition) is 16. The highest BCUT2D eigenvalue weighted by atomic mass is 16.7. The number of rotatable bonds is 10. The van der Waals surface area contributed by atoms with E-state index in [0.717, 1.165) is 0 Å². The molecule has 6 aromatic rings. The molecule has 1 aliphatic heterocycles. The van der Waals surface area contributed by atoms with Crippen molar-refractivity contribution < 1.29 is 65.7 Å². The maximum absolute atomic E-state index is 14.1. The van der Waals surface area contributed by atoms with E-state index in [1.165, 1.54) is 81.5 Å². The van der Waals surface area contributed by atoms with Crippen molar-refractivity contribution in [3.8, 4) is 91.2 Å². The molecule has 0 amide bonds. The summed E-state index contributed by atoms with van der Waals surface area (Å²) in [5.74, 6) is 2.42. The number of benzene rings is 4. The summed E-state index contributed by atoms with van der Waals surface area (Å²) in [6.07, 6.45) is 2.62. The van der Waals surface area contributed by atoms with Crippen LogP contribution in [0, 0.1) is 0 Å². The first kappa shape index (κ1) is 37.2. The molecule has 0 saturated carbocycles. The van der Waals surface area contributed by atoms with Crippen molar-refractivity contribution in [2.75, 3.05) is 70.5 Å². The molecule has 0 spiro atoms. The molecule has 56 heavy (non-hydrogen) atoms. The molecular formula is C40H36O16. The summed E-state index contributed by atoms with van der Waals surface area (Å²) >= 11 is 0. The quantitative estimate of drug-likeness (QED) is 0.149. The molecule has 0 radical (unpaired) electrons. The number of hydrogen-bond donors (Lipinski definition) is 0. The van der Waals surface area contributed by atoms with Crippen LogP contribution in [-0.4, -0.2) is 70.5 Å². The Morgan fingerprint density at radius 2 is 0.768 bits per heavy atom. The minimum absolute atomic E-state index is 0.0198. The van der Waals surface area contributed by atoms with E-state index in [9.17, 15) is 9.59 Å². The van der Waals surface area contributed by atoms with Gasteiger partial charge in [-0.2, -0.15) is 0 Å². The second-order valence-corrected chi connectivity index (χ2v) is 11.8. The van der Waals surface area contributed by atoms with Gasteiger partial charge in [0.15, 0.2) is 46.0 Å². The Bertz CT molecular complexity index is 2360. The number of fused-ring (bicyclic) bond motifs is 4. The van der Waals surface area contributed by atoms with E-state index in [2.05, 4.69) is 0 Å². The highest BCUT2D eigenvalue weighted by molar-refractivity contribution is 5.93. The van der Waals surface area contributed by atoms with Crippen LogP contribution in [0.2, 0.25) is 0 Å². The fraction of sp³-hybridized carbons (Fsp3) is 0.250. The van der Waals surface area contributed by atoms with Crippen molar-refractivity contribution in [3.63, 3.8) is 0 Å². The van der Waals surface area contributed by atoms with Gasteiger partial charge in [-0.1, -0.05) is 0 Å². The van der Waals surface area contributed by atoms with Gasteiger partial charge < -0.3 is 65.7 Å². The van der Waals surface area contributed by atoms with Crippen molar-refractivity contribution in [3.05, 3.63) is 69.4 Å². The Balaban J connectivity index is 1.29. The van der Waals surface area contributed by atoms with Gasteiger partial charge in [-0.25, -0.2) is 0 Å². The molecule has 0 atom stereocenters. The summed E-state index contributed by atoms with van der Waals surface area (Å²) in [6, 6.07) is 9.45. The van der Waals surface area contributed by atoms with E-state index in [0.29, 0.717) is 45.6 Å². The van der Waals surface area contributed by atoms with Crippen LogP contribution in [0.15, 0.2) is 67.3 Å². The SMILES string of the molecule is COc1cc(-c2coc3cc4c(c(OC)c3c2=O)OCOc2cc3occ(-c5cc(OC)c(OC)c(OC)c5)c(=O)c3c(OC)c2OCO4)cc(OC)c1OC. The van der Waals surface area contributed by atoms with Crippen molar-refractivity contribution in [2.45, 2.75) is 0 Å². The molecule has 0 saturated heterocycles. The largest absolute Gasteiger partial charge is 0.493 e. The van der Waals surface area contributed by atoms with Crippen LogP contribution in [-0.2, 0) is 0 Å². The molecule has 0 fully saturated rings. The van der Waals surface area contributed by atoms with Crippen LogP contribution in [0.25, 0.3) is 44.2 Å². The molecule has 0 unspecified atom stereocenters. The molecule has 4 aromatic carbocycles. The Hall–Kier alpha value is -7.10. The first-order chi connectivity index (χ1) is 27.2. The van der Waals surface area contributed by atoms with Crippen LogP contribution in [0.4, 0.5) is 0 Å². The summed E-state index contributed by atoms with van der Waals surface area (Å²) in [5, 5.41) is 0.133. The predicted octanol–water partition coefficient (Wildman–Crippen LogP) is 6.45. The van der Waals surface area contributed by atoms with Crippen LogP contribution < -0.4 is 67.7 Å². The fourth-order valence-corrected chi connectivity index (χ4v) is 6.48. The maximum atomic E-state index is 14.1. The van der Waals surface area contributed by atoms with Gasteiger partial charge in [0.2, 0.25) is 47.4 Å². The zero-order valence-corrected chi connectivity index (χ0v) is 31.6. The fourth-order valence-electron chi connectivity index (χ4n) is 6.48. The van der Waals surface area contributed by atoms with Gasteiger partial charge in [0.05, 0.1) is 68.0 Å². The highest BCUT2D eigenvalue weighted by Crippen LogP contribution is 2.48. The standard InChI is InChI=1S/C40H36O16/c1-43-25-9-19(10-26(44-2)35(25)47-5)21-15-51-23-13-29-37(39(49-7)31(23)33(21)41)55-17-54-30-14-24-32(40(50-8)38(30)56-18-53-29)34(42)22(16-52-24)20-11-27(45-3)36(48-6)28(12-20)46-4/h9-16H,17-18H2,1-8H3. The van der Waals surface area contributed by atoms with Crippen LogP contribution in [0.1, 0.15) is 0 Å². The van der Waals surface area contributed by atoms with Gasteiger partial charge in [0.25, 0.3) is 0 Å². The first-order valence-electron chi connectivity index (χ1n) is 16.7. The average molecular weight is 773 g/mol. The van der Waals surface area contributed by atoms with Gasteiger partial charge in [-0.3, -0.25) is 9.59 Å². The summed E-state index contributed by atoms with van der Waals surface area (Å²) in [7, 11) is 11.6. The smallest absolute Gasteiger partial charge is 0.231 e. The Labute approximate surface area is 318 Å². The minimum atomic E-state index is -0.444. The third-order valence-electron chi connectivity index (χ3n) is 9.08. The zero-order valence-electron chi connectivity index (χ0n) is 31.6. The highest BCUT2D eigenvalue weighted by Gasteiger charge is 2.28. The number of methoxy groups -OCH3 is 8. The zero-order chi connectivity index (χ0) is 39.7. The van der Waals surface area contributed by atoms with E-state index < -0.39 is 24.4 Å². The number of ether oxygens (including phenoxy) is 12. The van der Waals surface area contributed by atoms with Crippen molar-refractivity contribution in [2.24, 2.45) is 0 Å².